The lowest BCUT2D eigenvalue weighted by Crippen LogP contribution is -2.36. The smallest absolute Gasteiger partial charge is 0.146 e. The van der Waals surface area contributed by atoms with Gasteiger partial charge in [-0.15, -0.1) is 10.2 Å². The largest absolute Gasteiger partial charge is 0.394 e. The van der Waals surface area contributed by atoms with Crippen molar-refractivity contribution in [1.82, 2.24) is 24.6 Å². The molecular formula is C18H33N5O3. The van der Waals surface area contributed by atoms with Crippen molar-refractivity contribution < 1.29 is 14.9 Å². The Labute approximate surface area is 155 Å². The molecule has 3 heterocycles. The van der Waals surface area contributed by atoms with Gasteiger partial charge in [0.05, 0.1) is 32.5 Å². The summed E-state index contributed by atoms with van der Waals surface area (Å²) in [6.45, 7) is 6.92. The second-order valence-electron chi connectivity index (χ2n) is 7.49. The van der Waals surface area contributed by atoms with E-state index < -0.39 is 0 Å². The minimum absolute atomic E-state index is 0.0918. The van der Waals surface area contributed by atoms with E-state index in [1.807, 2.05) is 0 Å². The number of aliphatic hydroxyl groups is 2. The number of hydrogen-bond acceptors (Lipinski definition) is 7. The third-order valence-corrected chi connectivity index (χ3v) is 5.66. The Balaban J connectivity index is 1.46. The van der Waals surface area contributed by atoms with Crippen molar-refractivity contribution in [3.8, 4) is 0 Å². The van der Waals surface area contributed by atoms with Crippen LogP contribution >= 0.6 is 0 Å². The highest BCUT2D eigenvalue weighted by atomic mass is 16.5. The van der Waals surface area contributed by atoms with Crippen molar-refractivity contribution in [1.29, 1.82) is 0 Å². The molecule has 2 aliphatic heterocycles. The topological polar surface area (TPSA) is 86.9 Å². The molecule has 0 radical (unpaired) electrons. The van der Waals surface area contributed by atoms with Gasteiger partial charge in [0.15, 0.2) is 0 Å². The predicted octanol–water partition coefficient (Wildman–Crippen LogP) is -0.0399. The Kier molecular flexibility index (Phi) is 7.39. The zero-order valence-corrected chi connectivity index (χ0v) is 15.9. The minimum Gasteiger partial charge on any atom is -0.394 e. The van der Waals surface area contributed by atoms with Crippen LogP contribution in [-0.2, 0) is 18.3 Å². The first-order valence-corrected chi connectivity index (χ1v) is 9.87. The summed E-state index contributed by atoms with van der Waals surface area (Å²) < 4.78 is 7.54. The SMILES string of the molecule is Cn1c(CN2CCC(O)CC2)nnc1C1CCN(CCOCCO)CC1. The van der Waals surface area contributed by atoms with Crippen molar-refractivity contribution >= 4 is 0 Å². The quantitative estimate of drug-likeness (QED) is 0.624. The first-order chi connectivity index (χ1) is 12.7. The third-order valence-electron chi connectivity index (χ3n) is 5.66. The molecule has 0 unspecified atom stereocenters. The molecule has 8 heteroatoms. The Morgan fingerprint density at radius 1 is 1.00 bits per heavy atom. The minimum atomic E-state index is -0.138. The van der Waals surface area contributed by atoms with E-state index in [4.69, 9.17) is 9.84 Å². The zero-order chi connectivity index (χ0) is 18.4. The molecule has 0 aromatic carbocycles. The molecule has 26 heavy (non-hydrogen) atoms. The van der Waals surface area contributed by atoms with Gasteiger partial charge in [-0.3, -0.25) is 4.90 Å². The van der Waals surface area contributed by atoms with E-state index in [0.29, 0.717) is 19.1 Å². The molecule has 0 atom stereocenters. The molecule has 0 saturated carbocycles. The average Bonchev–Trinajstić information content (AvgIpc) is 3.02. The number of likely N-dealkylation sites (tertiary alicyclic amines) is 2. The van der Waals surface area contributed by atoms with Gasteiger partial charge in [-0.25, -0.2) is 0 Å². The molecule has 0 amide bonds. The van der Waals surface area contributed by atoms with Crippen LogP contribution in [0.5, 0.6) is 0 Å². The fourth-order valence-electron chi connectivity index (χ4n) is 3.92. The Morgan fingerprint density at radius 3 is 2.38 bits per heavy atom. The number of ether oxygens (including phenoxy) is 1. The Hall–Kier alpha value is -1.06. The van der Waals surface area contributed by atoms with Crippen molar-refractivity contribution in [2.45, 2.75) is 44.2 Å². The van der Waals surface area contributed by atoms with Crippen LogP contribution in [0.4, 0.5) is 0 Å². The lowest BCUT2D eigenvalue weighted by molar-refractivity contribution is 0.0676. The normalized spacial score (nSPS) is 21.5. The van der Waals surface area contributed by atoms with Gasteiger partial charge in [0.2, 0.25) is 0 Å². The van der Waals surface area contributed by atoms with E-state index in [2.05, 4.69) is 31.6 Å². The zero-order valence-electron chi connectivity index (χ0n) is 15.9. The molecule has 0 bridgehead atoms. The number of piperidine rings is 2. The number of rotatable bonds is 8. The van der Waals surface area contributed by atoms with Crippen LogP contribution in [0.25, 0.3) is 0 Å². The van der Waals surface area contributed by atoms with Gasteiger partial charge in [-0.1, -0.05) is 0 Å². The van der Waals surface area contributed by atoms with Crippen molar-refractivity contribution in [3.63, 3.8) is 0 Å². The lowest BCUT2D eigenvalue weighted by Gasteiger charge is -2.31. The Bertz CT molecular complexity index is 537. The van der Waals surface area contributed by atoms with Gasteiger partial charge in [-0.2, -0.15) is 0 Å². The number of aromatic nitrogens is 3. The van der Waals surface area contributed by atoms with Gasteiger partial charge in [0, 0.05) is 32.6 Å². The fourth-order valence-corrected chi connectivity index (χ4v) is 3.92. The van der Waals surface area contributed by atoms with E-state index in [1.54, 1.807) is 0 Å². The lowest BCUT2D eigenvalue weighted by atomic mass is 9.96. The molecule has 0 aliphatic carbocycles. The van der Waals surface area contributed by atoms with Crippen LogP contribution in [0.1, 0.15) is 43.3 Å². The van der Waals surface area contributed by atoms with Crippen molar-refractivity contribution in [2.24, 2.45) is 7.05 Å². The molecule has 3 rings (SSSR count). The molecule has 2 saturated heterocycles. The molecule has 2 fully saturated rings. The van der Waals surface area contributed by atoms with E-state index in [-0.39, 0.29) is 12.7 Å². The van der Waals surface area contributed by atoms with Gasteiger partial charge >= 0.3 is 0 Å². The first-order valence-electron chi connectivity index (χ1n) is 9.87. The number of hydrogen-bond donors (Lipinski definition) is 2. The summed E-state index contributed by atoms with van der Waals surface area (Å²) in [5.74, 6) is 2.60. The van der Waals surface area contributed by atoms with Crippen LogP contribution in [-0.4, -0.2) is 93.4 Å². The number of aliphatic hydroxyl groups excluding tert-OH is 2. The highest BCUT2D eigenvalue weighted by Gasteiger charge is 2.26. The van der Waals surface area contributed by atoms with Gasteiger partial charge in [0.1, 0.15) is 11.6 Å². The van der Waals surface area contributed by atoms with Crippen molar-refractivity contribution in [2.75, 3.05) is 52.5 Å². The maximum Gasteiger partial charge on any atom is 0.146 e. The molecule has 148 valence electrons. The summed E-state index contributed by atoms with van der Waals surface area (Å²) in [6.07, 6.45) is 3.76. The molecule has 8 nitrogen and oxygen atoms in total. The Morgan fingerprint density at radius 2 is 1.69 bits per heavy atom. The summed E-state index contributed by atoms with van der Waals surface area (Å²) in [4.78, 5) is 4.78. The van der Waals surface area contributed by atoms with Gasteiger partial charge in [0.25, 0.3) is 0 Å². The second-order valence-corrected chi connectivity index (χ2v) is 7.49. The van der Waals surface area contributed by atoms with Gasteiger partial charge < -0.3 is 24.4 Å². The van der Waals surface area contributed by atoms with Crippen LogP contribution in [0.2, 0.25) is 0 Å². The predicted molar refractivity (Wildman–Crippen MR) is 97.8 cm³/mol. The second kappa shape index (κ2) is 9.75. The highest BCUT2D eigenvalue weighted by Crippen LogP contribution is 2.27. The van der Waals surface area contributed by atoms with E-state index >= 15 is 0 Å². The van der Waals surface area contributed by atoms with Crippen LogP contribution in [0.3, 0.4) is 0 Å². The number of nitrogens with zero attached hydrogens (tertiary/aromatic N) is 5. The fraction of sp³-hybridized carbons (Fsp3) is 0.889. The molecule has 1 aromatic heterocycles. The summed E-state index contributed by atoms with van der Waals surface area (Å²) in [5.41, 5.74) is 0. The maximum absolute atomic E-state index is 9.64. The van der Waals surface area contributed by atoms with Crippen LogP contribution in [0, 0.1) is 0 Å². The monoisotopic (exact) mass is 367 g/mol. The van der Waals surface area contributed by atoms with Gasteiger partial charge in [-0.05, 0) is 38.8 Å². The third kappa shape index (κ3) is 5.23. The molecular weight excluding hydrogens is 334 g/mol. The van der Waals surface area contributed by atoms with Crippen LogP contribution in [0.15, 0.2) is 0 Å². The standard InChI is InChI=1S/C18H33N5O3/c1-21-17(14-23-8-4-16(25)5-9-23)19-20-18(21)15-2-6-22(7-3-15)10-12-26-13-11-24/h15-16,24-25H,2-14H2,1H3. The first kappa shape index (κ1) is 19.7. The molecule has 2 aliphatic rings. The average molecular weight is 367 g/mol. The summed E-state index contributed by atoms with van der Waals surface area (Å²) in [5, 5.41) is 27.3. The van der Waals surface area contributed by atoms with E-state index in [0.717, 1.165) is 76.6 Å². The van der Waals surface area contributed by atoms with Crippen molar-refractivity contribution in [3.05, 3.63) is 11.6 Å². The molecule has 2 N–H and O–H groups in total. The van der Waals surface area contributed by atoms with E-state index in [1.165, 1.54) is 0 Å². The molecule has 0 spiro atoms. The van der Waals surface area contributed by atoms with E-state index in [9.17, 15) is 5.11 Å². The summed E-state index contributed by atoms with van der Waals surface area (Å²) in [7, 11) is 2.08. The highest BCUT2D eigenvalue weighted by molar-refractivity contribution is 5.03. The summed E-state index contributed by atoms with van der Waals surface area (Å²) >= 11 is 0. The maximum atomic E-state index is 9.64. The van der Waals surface area contributed by atoms with Crippen LogP contribution < -0.4 is 0 Å². The molecule has 1 aromatic rings. The summed E-state index contributed by atoms with van der Waals surface area (Å²) in [6, 6.07) is 0.